The van der Waals surface area contributed by atoms with Crippen molar-refractivity contribution in [3.8, 4) is 0 Å². The molecule has 0 aliphatic carbocycles. The van der Waals surface area contributed by atoms with Gasteiger partial charge in [-0.15, -0.1) is 0 Å². The summed E-state index contributed by atoms with van der Waals surface area (Å²) in [7, 11) is 0. The Balaban J connectivity index is 2.03. The van der Waals surface area contributed by atoms with Crippen molar-refractivity contribution in [3.05, 3.63) is 53.5 Å². The molecule has 0 radical (unpaired) electrons. The summed E-state index contributed by atoms with van der Waals surface area (Å²) in [5.41, 5.74) is 1.19. The number of benzene rings is 1. The Morgan fingerprint density at radius 1 is 1.16 bits per heavy atom. The first-order valence-electron chi connectivity index (χ1n) is 5.71. The van der Waals surface area contributed by atoms with Crippen LogP contribution >= 0.6 is 0 Å². The summed E-state index contributed by atoms with van der Waals surface area (Å²) in [4.78, 5) is 22.2. The van der Waals surface area contributed by atoms with Crippen LogP contribution in [0.3, 0.4) is 0 Å². The molecular formula is C14H12NO4-. The number of hydrogen-bond acceptors (Lipinski definition) is 4. The Kier molecular flexibility index (Phi) is 3.66. The molecule has 0 aliphatic rings. The fraction of sp³-hybridized carbons (Fsp3) is 0.143. The van der Waals surface area contributed by atoms with Crippen LogP contribution in [0.4, 0.5) is 5.69 Å². The Hall–Kier alpha value is -2.56. The van der Waals surface area contributed by atoms with Crippen LogP contribution in [0.25, 0.3) is 0 Å². The van der Waals surface area contributed by atoms with Gasteiger partial charge in [0.2, 0.25) is 0 Å². The summed E-state index contributed by atoms with van der Waals surface area (Å²) in [5.74, 6) is -0.589. The first kappa shape index (κ1) is 12.9. The van der Waals surface area contributed by atoms with Crippen LogP contribution in [0.5, 0.6) is 0 Å². The number of carbonyl (C=O) groups excluding carboxylic acids is 2. The Labute approximate surface area is 109 Å². The second-order valence-corrected chi connectivity index (χ2v) is 4.11. The van der Waals surface area contributed by atoms with Crippen molar-refractivity contribution in [2.45, 2.75) is 13.3 Å². The molecule has 2 aromatic rings. The van der Waals surface area contributed by atoms with E-state index in [-0.39, 0.29) is 18.1 Å². The molecule has 0 fully saturated rings. The molecule has 1 N–H and O–H groups in total. The molecule has 0 unspecified atom stereocenters. The van der Waals surface area contributed by atoms with E-state index in [0.29, 0.717) is 17.0 Å². The van der Waals surface area contributed by atoms with Crippen molar-refractivity contribution in [1.29, 1.82) is 0 Å². The van der Waals surface area contributed by atoms with Crippen LogP contribution in [-0.4, -0.2) is 11.9 Å². The highest BCUT2D eigenvalue weighted by molar-refractivity contribution is 6.02. The second-order valence-electron chi connectivity index (χ2n) is 4.11. The Morgan fingerprint density at radius 3 is 2.37 bits per heavy atom. The summed E-state index contributed by atoms with van der Waals surface area (Å²) >= 11 is 0. The minimum Gasteiger partial charge on any atom is -0.550 e. The molecule has 5 heteroatoms. The third kappa shape index (κ3) is 3.45. The van der Waals surface area contributed by atoms with Crippen LogP contribution in [0.1, 0.15) is 21.9 Å². The lowest BCUT2D eigenvalue weighted by molar-refractivity contribution is -0.304. The third-order valence-corrected chi connectivity index (χ3v) is 2.52. The fourth-order valence-electron chi connectivity index (χ4n) is 1.62. The molecule has 1 amide bonds. The fourth-order valence-corrected chi connectivity index (χ4v) is 1.62. The molecule has 0 saturated carbocycles. The number of carbonyl (C=O) groups is 2. The van der Waals surface area contributed by atoms with Crippen LogP contribution in [-0.2, 0) is 11.2 Å². The number of furan rings is 1. The summed E-state index contributed by atoms with van der Waals surface area (Å²) in [6.07, 6.45) is -0.147. The molecule has 0 bridgehead atoms. The lowest BCUT2D eigenvalue weighted by Gasteiger charge is -2.05. The number of aryl methyl sites for hydroxylation is 1. The van der Waals surface area contributed by atoms with Gasteiger partial charge in [0.25, 0.3) is 5.91 Å². The maximum atomic E-state index is 11.8. The normalized spacial score (nSPS) is 10.2. The van der Waals surface area contributed by atoms with Crippen molar-refractivity contribution >= 4 is 17.6 Å². The SMILES string of the molecule is Cc1ccc(C(=O)Nc2ccc(CC(=O)[O-])cc2)o1. The predicted octanol–water partition coefficient (Wildman–Crippen LogP) is 1.13. The van der Waals surface area contributed by atoms with E-state index in [0.717, 1.165) is 0 Å². The van der Waals surface area contributed by atoms with Gasteiger partial charge in [-0.25, -0.2) is 0 Å². The smallest absolute Gasteiger partial charge is 0.291 e. The third-order valence-electron chi connectivity index (χ3n) is 2.52. The molecule has 5 nitrogen and oxygen atoms in total. The molecule has 0 saturated heterocycles. The standard InChI is InChI=1S/C14H13NO4/c1-9-2-7-12(19-9)14(18)15-11-5-3-10(4-6-11)8-13(16)17/h2-7H,8H2,1H3,(H,15,18)(H,16,17)/p-1. The van der Waals surface area contributed by atoms with E-state index < -0.39 is 5.97 Å². The molecule has 0 atom stereocenters. The molecule has 1 aromatic heterocycles. The van der Waals surface area contributed by atoms with Crippen molar-refractivity contribution in [2.75, 3.05) is 5.32 Å². The summed E-state index contributed by atoms with van der Waals surface area (Å²) in [6, 6.07) is 9.81. The quantitative estimate of drug-likeness (QED) is 0.891. The maximum Gasteiger partial charge on any atom is 0.291 e. The molecule has 98 valence electrons. The topological polar surface area (TPSA) is 82.4 Å². The molecule has 2 rings (SSSR count). The number of aliphatic carboxylic acids is 1. The average Bonchev–Trinajstić information content (AvgIpc) is 2.78. The number of anilines is 1. The summed E-state index contributed by atoms with van der Waals surface area (Å²) in [6.45, 7) is 1.76. The zero-order valence-corrected chi connectivity index (χ0v) is 10.3. The summed E-state index contributed by atoms with van der Waals surface area (Å²) < 4.78 is 5.20. The van der Waals surface area contributed by atoms with E-state index in [1.54, 1.807) is 43.3 Å². The van der Waals surface area contributed by atoms with Gasteiger partial charge in [0.1, 0.15) is 5.76 Å². The van der Waals surface area contributed by atoms with Crippen LogP contribution < -0.4 is 10.4 Å². The lowest BCUT2D eigenvalue weighted by atomic mass is 10.1. The van der Waals surface area contributed by atoms with Crippen LogP contribution in [0.2, 0.25) is 0 Å². The Morgan fingerprint density at radius 2 is 1.84 bits per heavy atom. The van der Waals surface area contributed by atoms with Gasteiger partial charge in [-0.1, -0.05) is 12.1 Å². The number of nitrogens with one attached hydrogen (secondary N) is 1. The van der Waals surface area contributed by atoms with E-state index in [2.05, 4.69) is 5.32 Å². The van der Waals surface area contributed by atoms with Gasteiger partial charge in [0.05, 0.1) is 0 Å². The van der Waals surface area contributed by atoms with E-state index >= 15 is 0 Å². The van der Waals surface area contributed by atoms with Crippen molar-refractivity contribution in [1.82, 2.24) is 0 Å². The first-order chi connectivity index (χ1) is 9.04. The second kappa shape index (κ2) is 5.39. The maximum absolute atomic E-state index is 11.8. The monoisotopic (exact) mass is 258 g/mol. The van der Waals surface area contributed by atoms with Gasteiger partial charge in [0.15, 0.2) is 5.76 Å². The average molecular weight is 258 g/mol. The highest BCUT2D eigenvalue weighted by Crippen LogP contribution is 2.13. The zero-order chi connectivity index (χ0) is 13.8. The van der Waals surface area contributed by atoms with E-state index in [1.165, 1.54) is 0 Å². The van der Waals surface area contributed by atoms with Gasteiger partial charge >= 0.3 is 0 Å². The van der Waals surface area contributed by atoms with Crippen molar-refractivity contribution < 1.29 is 19.1 Å². The van der Waals surface area contributed by atoms with Crippen LogP contribution in [0, 0.1) is 6.92 Å². The highest BCUT2D eigenvalue weighted by Gasteiger charge is 2.09. The molecule has 1 heterocycles. The van der Waals surface area contributed by atoms with E-state index in [9.17, 15) is 14.7 Å². The van der Waals surface area contributed by atoms with Crippen LogP contribution in [0.15, 0.2) is 40.8 Å². The predicted molar refractivity (Wildman–Crippen MR) is 66.6 cm³/mol. The highest BCUT2D eigenvalue weighted by atomic mass is 16.4. The molecule has 1 aromatic carbocycles. The van der Waals surface area contributed by atoms with Crippen molar-refractivity contribution in [2.24, 2.45) is 0 Å². The minimum absolute atomic E-state index is 0.147. The van der Waals surface area contributed by atoms with Gasteiger partial charge in [0, 0.05) is 18.1 Å². The van der Waals surface area contributed by atoms with Gasteiger partial charge in [-0.3, -0.25) is 4.79 Å². The largest absolute Gasteiger partial charge is 0.550 e. The van der Waals surface area contributed by atoms with Gasteiger partial charge in [-0.2, -0.15) is 0 Å². The number of amides is 1. The Bertz CT molecular complexity index is 598. The van der Waals surface area contributed by atoms with Crippen molar-refractivity contribution in [3.63, 3.8) is 0 Å². The minimum atomic E-state index is -1.14. The number of carboxylic acid groups (broad SMARTS) is 1. The number of rotatable bonds is 4. The molecule has 0 aliphatic heterocycles. The number of carboxylic acids is 1. The van der Waals surface area contributed by atoms with E-state index in [4.69, 9.17) is 4.42 Å². The molecule has 19 heavy (non-hydrogen) atoms. The van der Waals surface area contributed by atoms with Gasteiger partial charge in [-0.05, 0) is 36.8 Å². The lowest BCUT2D eigenvalue weighted by Crippen LogP contribution is -2.24. The summed E-state index contributed by atoms with van der Waals surface area (Å²) in [5, 5.41) is 13.1. The van der Waals surface area contributed by atoms with Gasteiger partial charge < -0.3 is 19.6 Å². The number of hydrogen-bond donors (Lipinski definition) is 1. The molecular weight excluding hydrogens is 246 g/mol. The molecule has 0 spiro atoms. The zero-order valence-electron chi connectivity index (χ0n) is 10.3. The first-order valence-corrected chi connectivity index (χ1v) is 5.71. The van der Waals surface area contributed by atoms with E-state index in [1.807, 2.05) is 0 Å².